The van der Waals surface area contributed by atoms with Crippen LogP contribution in [-0.2, 0) is 0 Å². The highest BCUT2D eigenvalue weighted by Crippen LogP contribution is 2.18. The van der Waals surface area contributed by atoms with Gasteiger partial charge in [0.1, 0.15) is 0 Å². The van der Waals surface area contributed by atoms with Crippen molar-refractivity contribution in [2.24, 2.45) is 5.41 Å². The fourth-order valence-corrected chi connectivity index (χ4v) is 2.78. The van der Waals surface area contributed by atoms with Gasteiger partial charge in [-0.1, -0.05) is 13.8 Å². The zero-order chi connectivity index (χ0) is 10.7. The van der Waals surface area contributed by atoms with Crippen LogP contribution in [0.4, 0.5) is 0 Å². The summed E-state index contributed by atoms with van der Waals surface area (Å²) >= 11 is 0. The Morgan fingerprint density at radius 2 is 2.20 bits per heavy atom. The van der Waals surface area contributed by atoms with E-state index in [1.165, 1.54) is 39.0 Å². The molecule has 0 spiro atoms. The second-order valence-corrected chi connectivity index (χ2v) is 5.87. The predicted molar refractivity (Wildman–Crippen MR) is 64.1 cm³/mol. The molecule has 2 N–H and O–H groups in total. The van der Waals surface area contributed by atoms with E-state index in [-0.39, 0.29) is 0 Å². The van der Waals surface area contributed by atoms with E-state index in [0.717, 1.165) is 19.1 Å². The van der Waals surface area contributed by atoms with Crippen molar-refractivity contribution in [3.8, 4) is 0 Å². The Labute approximate surface area is 93.6 Å². The minimum Gasteiger partial charge on any atom is -0.315 e. The molecule has 2 aliphatic rings. The summed E-state index contributed by atoms with van der Waals surface area (Å²) in [7, 11) is 0. The van der Waals surface area contributed by atoms with Gasteiger partial charge in [-0.3, -0.25) is 4.90 Å². The van der Waals surface area contributed by atoms with Crippen LogP contribution in [0, 0.1) is 5.41 Å². The molecular formula is C12H25N3. The molecule has 0 bridgehead atoms. The molecule has 15 heavy (non-hydrogen) atoms. The van der Waals surface area contributed by atoms with Crippen LogP contribution in [0.25, 0.3) is 0 Å². The second kappa shape index (κ2) is 4.81. The Morgan fingerprint density at radius 3 is 2.93 bits per heavy atom. The lowest BCUT2D eigenvalue weighted by molar-refractivity contribution is 0.193. The zero-order valence-electron chi connectivity index (χ0n) is 10.2. The van der Waals surface area contributed by atoms with Gasteiger partial charge < -0.3 is 10.6 Å². The maximum absolute atomic E-state index is 3.59. The molecule has 0 amide bonds. The molecule has 2 heterocycles. The molecule has 0 aromatic rings. The Bertz CT molecular complexity index is 197. The summed E-state index contributed by atoms with van der Waals surface area (Å²) in [6, 6.07) is 0.749. The number of nitrogens with zero attached hydrogens (tertiary/aromatic N) is 1. The lowest BCUT2D eigenvalue weighted by Gasteiger charge is -2.30. The minimum absolute atomic E-state index is 0.426. The van der Waals surface area contributed by atoms with Crippen molar-refractivity contribution in [1.29, 1.82) is 0 Å². The fraction of sp³-hybridized carbons (Fsp3) is 1.00. The van der Waals surface area contributed by atoms with E-state index < -0.39 is 0 Å². The third-order valence-electron chi connectivity index (χ3n) is 3.50. The Hall–Kier alpha value is -0.120. The van der Waals surface area contributed by atoms with Crippen molar-refractivity contribution in [1.82, 2.24) is 15.5 Å². The lowest BCUT2D eigenvalue weighted by atomic mass is 9.93. The first-order valence-corrected chi connectivity index (χ1v) is 6.32. The molecule has 2 aliphatic heterocycles. The standard InChI is InChI=1S/C12H25N3/c1-12(2)9-13-6-7-15(10-12)8-11-4-3-5-14-11/h11,13-14H,3-10H2,1-2H3. The number of hydrogen-bond donors (Lipinski definition) is 2. The van der Waals surface area contributed by atoms with E-state index >= 15 is 0 Å². The molecule has 0 aromatic heterocycles. The Morgan fingerprint density at radius 1 is 1.33 bits per heavy atom. The van der Waals surface area contributed by atoms with E-state index in [1.54, 1.807) is 0 Å². The summed E-state index contributed by atoms with van der Waals surface area (Å²) in [6.45, 7) is 11.9. The van der Waals surface area contributed by atoms with Crippen molar-refractivity contribution < 1.29 is 0 Å². The summed E-state index contributed by atoms with van der Waals surface area (Å²) in [5.41, 5.74) is 0.426. The average Bonchev–Trinajstić information content (AvgIpc) is 2.58. The molecule has 3 heteroatoms. The molecule has 3 nitrogen and oxygen atoms in total. The molecule has 1 atom stereocenters. The van der Waals surface area contributed by atoms with Crippen molar-refractivity contribution in [2.75, 3.05) is 39.3 Å². The second-order valence-electron chi connectivity index (χ2n) is 5.87. The summed E-state index contributed by atoms with van der Waals surface area (Å²) in [5.74, 6) is 0. The summed E-state index contributed by atoms with van der Waals surface area (Å²) in [6.07, 6.45) is 2.73. The third-order valence-corrected chi connectivity index (χ3v) is 3.50. The van der Waals surface area contributed by atoms with Gasteiger partial charge in [0.25, 0.3) is 0 Å². The third kappa shape index (κ3) is 3.44. The number of rotatable bonds is 2. The van der Waals surface area contributed by atoms with Gasteiger partial charge in [0.15, 0.2) is 0 Å². The molecule has 1 unspecified atom stereocenters. The quantitative estimate of drug-likeness (QED) is 0.703. The highest BCUT2D eigenvalue weighted by Gasteiger charge is 2.26. The molecule has 2 rings (SSSR count). The highest BCUT2D eigenvalue weighted by molar-refractivity contribution is 4.84. The van der Waals surface area contributed by atoms with Crippen LogP contribution < -0.4 is 10.6 Å². The maximum Gasteiger partial charge on any atom is 0.0195 e. The molecule has 2 fully saturated rings. The number of nitrogens with one attached hydrogen (secondary N) is 2. The van der Waals surface area contributed by atoms with Gasteiger partial charge in [-0.05, 0) is 24.8 Å². The first-order valence-electron chi connectivity index (χ1n) is 6.32. The lowest BCUT2D eigenvalue weighted by Crippen LogP contribution is -2.42. The maximum atomic E-state index is 3.59. The van der Waals surface area contributed by atoms with Crippen LogP contribution in [0.1, 0.15) is 26.7 Å². The predicted octanol–water partition coefficient (Wildman–Crippen LogP) is 0.670. The van der Waals surface area contributed by atoms with E-state index in [9.17, 15) is 0 Å². The van der Waals surface area contributed by atoms with Crippen molar-refractivity contribution in [3.05, 3.63) is 0 Å². The zero-order valence-corrected chi connectivity index (χ0v) is 10.2. The molecule has 2 saturated heterocycles. The largest absolute Gasteiger partial charge is 0.315 e. The molecule has 0 radical (unpaired) electrons. The van der Waals surface area contributed by atoms with Crippen molar-refractivity contribution >= 4 is 0 Å². The van der Waals surface area contributed by atoms with Crippen LogP contribution >= 0.6 is 0 Å². The Kier molecular flexibility index (Phi) is 3.65. The summed E-state index contributed by atoms with van der Waals surface area (Å²) in [5, 5.41) is 7.12. The van der Waals surface area contributed by atoms with Gasteiger partial charge >= 0.3 is 0 Å². The van der Waals surface area contributed by atoms with Gasteiger partial charge in [0.05, 0.1) is 0 Å². The minimum atomic E-state index is 0.426. The van der Waals surface area contributed by atoms with Crippen LogP contribution in [0.2, 0.25) is 0 Å². The van der Waals surface area contributed by atoms with Gasteiger partial charge in [0, 0.05) is 38.8 Å². The fourth-order valence-electron chi connectivity index (χ4n) is 2.78. The summed E-state index contributed by atoms with van der Waals surface area (Å²) < 4.78 is 0. The van der Waals surface area contributed by atoms with Crippen LogP contribution in [0.3, 0.4) is 0 Å². The highest BCUT2D eigenvalue weighted by atomic mass is 15.2. The topological polar surface area (TPSA) is 27.3 Å². The van der Waals surface area contributed by atoms with Gasteiger partial charge in [-0.15, -0.1) is 0 Å². The Balaban J connectivity index is 1.84. The van der Waals surface area contributed by atoms with Crippen LogP contribution in [-0.4, -0.2) is 50.2 Å². The monoisotopic (exact) mass is 211 g/mol. The van der Waals surface area contributed by atoms with Crippen molar-refractivity contribution in [2.45, 2.75) is 32.7 Å². The smallest absolute Gasteiger partial charge is 0.0195 e. The van der Waals surface area contributed by atoms with E-state index in [1.807, 2.05) is 0 Å². The van der Waals surface area contributed by atoms with Crippen LogP contribution in [0.5, 0.6) is 0 Å². The van der Waals surface area contributed by atoms with E-state index in [4.69, 9.17) is 0 Å². The van der Waals surface area contributed by atoms with E-state index in [0.29, 0.717) is 5.41 Å². The van der Waals surface area contributed by atoms with E-state index in [2.05, 4.69) is 29.4 Å². The SMILES string of the molecule is CC1(C)CNCCN(CC2CCCN2)C1. The molecular weight excluding hydrogens is 186 g/mol. The summed E-state index contributed by atoms with van der Waals surface area (Å²) in [4.78, 5) is 2.63. The van der Waals surface area contributed by atoms with Gasteiger partial charge in [-0.2, -0.15) is 0 Å². The van der Waals surface area contributed by atoms with Crippen LogP contribution in [0.15, 0.2) is 0 Å². The van der Waals surface area contributed by atoms with Gasteiger partial charge in [-0.25, -0.2) is 0 Å². The van der Waals surface area contributed by atoms with Crippen molar-refractivity contribution in [3.63, 3.8) is 0 Å². The molecule has 0 aromatic carbocycles. The molecule has 0 saturated carbocycles. The first kappa shape index (κ1) is 11.4. The average molecular weight is 211 g/mol. The molecule has 0 aliphatic carbocycles. The number of hydrogen-bond acceptors (Lipinski definition) is 3. The van der Waals surface area contributed by atoms with Gasteiger partial charge in [0.2, 0.25) is 0 Å². The first-order chi connectivity index (χ1) is 7.16. The normalized spacial score (nSPS) is 32.8. The molecule has 88 valence electrons.